The fourth-order valence-electron chi connectivity index (χ4n) is 2.79. The number of azo groups is 1. The molecular weight excluding hydrogens is 480 g/mol. The Hall–Kier alpha value is -1.06. The average Bonchev–Trinajstić information content (AvgIpc) is 2.64. The number of aryl methyl sites for hydroxylation is 1. The van der Waals surface area contributed by atoms with E-state index in [-0.39, 0.29) is 75.6 Å². The minimum absolute atomic E-state index is 0. The van der Waals surface area contributed by atoms with Crippen LogP contribution in [-0.4, -0.2) is 33.1 Å². The van der Waals surface area contributed by atoms with Crippen LogP contribution in [0.2, 0.25) is 0 Å². The molecule has 3 aromatic rings. The molecule has 0 bridgehead atoms. The maximum atomic E-state index is 11.6. The third-order valence-electron chi connectivity index (χ3n) is 4.25. The van der Waals surface area contributed by atoms with Gasteiger partial charge in [0.25, 0.3) is 0 Å². The molecule has 0 amide bonds. The van der Waals surface area contributed by atoms with Gasteiger partial charge in [-0.05, 0) is 48.2 Å². The SMILES string of the molecule is COc1cc(N=Nc2ccc3cc(S(=O)(=O)[O-])cc(S(=O)(=O)[O-])c3c2)c(C)cc1N.[Na+].[Na+]. The molecule has 158 valence electrons. The van der Waals surface area contributed by atoms with Gasteiger partial charge in [0.1, 0.15) is 26.0 Å². The number of nitrogens with two attached hydrogens (primary N) is 1. The molecule has 0 saturated heterocycles. The Kier molecular flexibility index (Phi) is 9.88. The summed E-state index contributed by atoms with van der Waals surface area (Å²) in [6.07, 6.45) is 0. The fourth-order valence-corrected chi connectivity index (χ4v) is 4.12. The largest absolute Gasteiger partial charge is 1.00 e. The molecule has 0 spiro atoms. The van der Waals surface area contributed by atoms with Crippen LogP contribution in [-0.2, 0) is 20.2 Å². The Morgan fingerprint density at radius 2 is 1.56 bits per heavy atom. The van der Waals surface area contributed by atoms with E-state index in [2.05, 4.69) is 10.2 Å². The molecule has 10 nitrogen and oxygen atoms in total. The van der Waals surface area contributed by atoms with Crippen LogP contribution < -0.4 is 69.6 Å². The van der Waals surface area contributed by atoms with Gasteiger partial charge in [0.15, 0.2) is 0 Å². The third-order valence-corrected chi connectivity index (χ3v) is 5.94. The maximum Gasteiger partial charge on any atom is 1.00 e. The van der Waals surface area contributed by atoms with Crippen LogP contribution >= 0.6 is 0 Å². The van der Waals surface area contributed by atoms with Gasteiger partial charge in [-0.3, -0.25) is 0 Å². The van der Waals surface area contributed by atoms with Gasteiger partial charge in [0.05, 0.1) is 34.0 Å². The molecule has 14 heteroatoms. The second-order valence-corrected chi connectivity index (χ2v) is 9.04. The number of benzene rings is 3. The molecule has 0 atom stereocenters. The molecular formula is C18H15N3Na2O7S2. The van der Waals surface area contributed by atoms with E-state index in [1.807, 2.05) is 0 Å². The third kappa shape index (κ3) is 6.50. The molecule has 0 heterocycles. The van der Waals surface area contributed by atoms with Gasteiger partial charge in [-0.1, -0.05) is 6.07 Å². The van der Waals surface area contributed by atoms with Gasteiger partial charge in [-0.25, -0.2) is 16.8 Å². The van der Waals surface area contributed by atoms with Crippen LogP contribution in [0.3, 0.4) is 0 Å². The van der Waals surface area contributed by atoms with Crippen LogP contribution in [0.5, 0.6) is 5.75 Å². The van der Waals surface area contributed by atoms with Gasteiger partial charge in [-0.15, -0.1) is 0 Å². The second-order valence-electron chi connectivity index (χ2n) is 6.32. The minimum Gasteiger partial charge on any atom is -0.744 e. The fraction of sp³-hybridized carbons (Fsp3) is 0.111. The Morgan fingerprint density at radius 3 is 2.12 bits per heavy atom. The molecule has 2 N–H and O–H groups in total. The summed E-state index contributed by atoms with van der Waals surface area (Å²) in [5.74, 6) is 0.402. The summed E-state index contributed by atoms with van der Waals surface area (Å²) >= 11 is 0. The summed E-state index contributed by atoms with van der Waals surface area (Å²) in [6.45, 7) is 1.76. The average molecular weight is 495 g/mol. The number of nitrogens with zero attached hydrogens (tertiary/aromatic N) is 2. The zero-order chi connectivity index (χ0) is 22.3. The normalized spacial score (nSPS) is 11.8. The van der Waals surface area contributed by atoms with E-state index < -0.39 is 30.0 Å². The van der Waals surface area contributed by atoms with Crippen LogP contribution in [0.25, 0.3) is 10.8 Å². The molecule has 0 fully saturated rings. The summed E-state index contributed by atoms with van der Waals surface area (Å²) in [7, 11) is -8.59. The predicted octanol–water partition coefficient (Wildman–Crippen LogP) is -3.03. The van der Waals surface area contributed by atoms with Crippen LogP contribution in [0.4, 0.5) is 17.1 Å². The first-order valence-electron chi connectivity index (χ1n) is 8.25. The summed E-state index contributed by atoms with van der Waals surface area (Å²) < 4.78 is 73.9. The zero-order valence-electron chi connectivity index (χ0n) is 17.7. The van der Waals surface area contributed by atoms with Crippen molar-refractivity contribution in [3.05, 3.63) is 48.0 Å². The summed E-state index contributed by atoms with van der Waals surface area (Å²) in [5, 5.41) is 8.13. The number of methoxy groups -OCH3 is 1. The number of rotatable bonds is 5. The minimum atomic E-state index is -5.07. The molecule has 0 radical (unpaired) electrons. The van der Waals surface area contributed by atoms with Crippen molar-refractivity contribution in [2.45, 2.75) is 16.7 Å². The summed E-state index contributed by atoms with van der Waals surface area (Å²) in [5.41, 5.74) is 7.60. The van der Waals surface area contributed by atoms with Crippen LogP contribution in [0.1, 0.15) is 5.56 Å². The van der Waals surface area contributed by atoms with Crippen molar-refractivity contribution >= 4 is 48.1 Å². The van der Waals surface area contributed by atoms with Crippen molar-refractivity contribution in [1.82, 2.24) is 0 Å². The van der Waals surface area contributed by atoms with E-state index in [1.54, 1.807) is 19.1 Å². The molecule has 3 aromatic carbocycles. The quantitative estimate of drug-likeness (QED) is 0.168. The van der Waals surface area contributed by atoms with Crippen molar-refractivity contribution < 1.29 is 89.8 Å². The number of fused-ring (bicyclic) bond motifs is 1. The van der Waals surface area contributed by atoms with Gasteiger partial charge >= 0.3 is 59.1 Å². The first-order valence-corrected chi connectivity index (χ1v) is 11.1. The van der Waals surface area contributed by atoms with Crippen molar-refractivity contribution in [1.29, 1.82) is 0 Å². The topological polar surface area (TPSA) is 174 Å². The Bertz CT molecular complexity index is 1410. The predicted molar refractivity (Wildman–Crippen MR) is 106 cm³/mol. The van der Waals surface area contributed by atoms with Gasteiger partial charge in [-0.2, -0.15) is 10.2 Å². The molecule has 0 aromatic heterocycles. The second kappa shape index (κ2) is 10.9. The number of hydrogen-bond acceptors (Lipinski definition) is 10. The van der Waals surface area contributed by atoms with Gasteiger partial charge < -0.3 is 19.6 Å². The molecule has 3 rings (SSSR count). The van der Waals surface area contributed by atoms with E-state index in [4.69, 9.17) is 10.5 Å². The Balaban J connectivity index is 0.00000256. The molecule has 0 aliphatic carbocycles. The van der Waals surface area contributed by atoms with Crippen molar-refractivity contribution in [3.8, 4) is 5.75 Å². The van der Waals surface area contributed by atoms with Crippen molar-refractivity contribution in [2.75, 3.05) is 12.8 Å². The maximum absolute atomic E-state index is 11.6. The van der Waals surface area contributed by atoms with E-state index in [1.165, 1.54) is 25.3 Å². The summed E-state index contributed by atoms with van der Waals surface area (Å²) in [4.78, 5) is -1.65. The van der Waals surface area contributed by atoms with E-state index >= 15 is 0 Å². The van der Waals surface area contributed by atoms with Crippen LogP contribution in [0.15, 0.2) is 62.5 Å². The van der Waals surface area contributed by atoms with Gasteiger partial charge in [0, 0.05) is 11.5 Å². The number of hydrogen-bond donors (Lipinski definition) is 1. The van der Waals surface area contributed by atoms with E-state index in [0.29, 0.717) is 28.8 Å². The van der Waals surface area contributed by atoms with E-state index in [0.717, 1.165) is 6.07 Å². The van der Waals surface area contributed by atoms with Crippen molar-refractivity contribution in [2.24, 2.45) is 10.2 Å². The smallest absolute Gasteiger partial charge is 0.744 e. The molecule has 0 aliphatic rings. The number of nitrogen functional groups attached to an aromatic ring is 1. The van der Waals surface area contributed by atoms with Crippen LogP contribution in [0, 0.1) is 6.92 Å². The molecule has 0 unspecified atom stereocenters. The zero-order valence-corrected chi connectivity index (χ0v) is 23.3. The Morgan fingerprint density at radius 1 is 0.906 bits per heavy atom. The van der Waals surface area contributed by atoms with Gasteiger partial charge in [0.2, 0.25) is 0 Å². The molecule has 0 aliphatic heterocycles. The standard InChI is InChI=1S/C18H17N3O7S2.2Na/c1-10-5-15(19)17(28-2)9-16(10)21-20-12-4-3-11-6-13(29(22,23)24)8-18(14(11)7-12)30(25,26)27;;/h3-9H,19H2,1-2H3,(H,22,23,24)(H,25,26,27);;/q;2*+1/p-2. The molecule has 32 heavy (non-hydrogen) atoms. The first-order chi connectivity index (χ1) is 13.9. The van der Waals surface area contributed by atoms with Crippen molar-refractivity contribution in [3.63, 3.8) is 0 Å². The number of anilines is 1. The number of ether oxygens (including phenoxy) is 1. The first kappa shape index (κ1) is 29.0. The Labute approximate surface area is 229 Å². The monoisotopic (exact) mass is 495 g/mol. The van der Waals surface area contributed by atoms with E-state index in [9.17, 15) is 25.9 Å². The summed E-state index contributed by atoms with van der Waals surface area (Å²) in [6, 6.07) is 8.79. The molecule has 0 saturated carbocycles.